The second-order valence-electron chi connectivity index (χ2n) is 9.37. The molecule has 0 spiro atoms. The molecule has 0 bridgehead atoms. The van der Waals surface area contributed by atoms with Gasteiger partial charge in [-0.15, -0.1) is 0 Å². The van der Waals surface area contributed by atoms with Crippen LogP contribution in [0, 0.1) is 20.8 Å². The molecule has 170 valence electrons. The van der Waals surface area contributed by atoms with Gasteiger partial charge < -0.3 is 5.32 Å². The Balaban J connectivity index is 1.60. The highest BCUT2D eigenvalue weighted by molar-refractivity contribution is 6.04. The minimum atomic E-state index is -0.315. The maximum absolute atomic E-state index is 12.5. The molecule has 0 unspecified atom stereocenters. The standard InChI is InChI=1S/C28H31N3O2/c1-18-15-19(2)25(20(3)16-18)17-29-31-27(33)22-9-13-24(14-10-22)30-26(32)21-7-11-23(12-8-21)28(4,5)6/h7-17H,1-6H3,(H,30,32)(H,31,33)/b29-17+. The second-order valence-corrected chi connectivity index (χ2v) is 9.37. The van der Waals surface area contributed by atoms with Gasteiger partial charge >= 0.3 is 0 Å². The Hall–Kier alpha value is -3.73. The molecule has 3 aromatic rings. The number of hydrogen-bond acceptors (Lipinski definition) is 3. The van der Waals surface area contributed by atoms with Crippen LogP contribution in [0.5, 0.6) is 0 Å². The number of rotatable bonds is 5. The third kappa shape index (κ3) is 6.16. The topological polar surface area (TPSA) is 70.6 Å². The number of benzene rings is 3. The van der Waals surface area contributed by atoms with Crippen LogP contribution in [0.1, 0.15) is 69.3 Å². The molecule has 0 heterocycles. The van der Waals surface area contributed by atoms with E-state index in [0.29, 0.717) is 16.8 Å². The summed E-state index contributed by atoms with van der Waals surface area (Å²) in [5, 5.41) is 6.97. The van der Waals surface area contributed by atoms with Gasteiger partial charge in [0.15, 0.2) is 0 Å². The Labute approximate surface area is 195 Å². The predicted molar refractivity (Wildman–Crippen MR) is 135 cm³/mol. The highest BCUT2D eigenvalue weighted by Crippen LogP contribution is 2.22. The predicted octanol–water partition coefficient (Wildman–Crippen LogP) is 5.93. The molecule has 0 atom stereocenters. The Kier molecular flexibility index (Phi) is 7.12. The summed E-state index contributed by atoms with van der Waals surface area (Å²) in [7, 11) is 0. The summed E-state index contributed by atoms with van der Waals surface area (Å²) in [6.07, 6.45) is 1.67. The minimum Gasteiger partial charge on any atom is -0.322 e. The average Bonchev–Trinajstić information content (AvgIpc) is 2.75. The molecule has 0 fully saturated rings. The number of nitrogens with one attached hydrogen (secondary N) is 2. The van der Waals surface area contributed by atoms with E-state index in [1.54, 1.807) is 30.5 Å². The van der Waals surface area contributed by atoms with Crippen molar-refractivity contribution in [1.29, 1.82) is 0 Å². The SMILES string of the molecule is Cc1cc(C)c(/C=N/NC(=O)c2ccc(NC(=O)c3ccc(C(C)(C)C)cc3)cc2)c(C)c1. The minimum absolute atomic E-state index is 0.0350. The van der Waals surface area contributed by atoms with Gasteiger partial charge in [-0.3, -0.25) is 9.59 Å². The van der Waals surface area contributed by atoms with Crippen LogP contribution < -0.4 is 10.7 Å². The van der Waals surface area contributed by atoms with Gasteiger partial charge in [0.25, 0.3) is 11.8 Å². The van der Waals surface area contributed by atoms with Crippen molar-refractivity contribution in [2.75, 3.05) is 5.32 Å². The number of carbonyl (C=O) groups excluding carboxylic acids is 2. The lowest BCUT2D eigenvalue weighted by Gasteiger charge is -2.19. The first kappa shape index (κ1) is 23.9. The fraction of sp³-hybridized carbons (Fsp3) is 0.250. The van der Waals surface area contributed by atoms with Gasteiger partial charge in [-0.1, -0.05) is 50.6 Å². The fourth-order valence-corrected chi connectivity index (χ4v) is 3.64. The van der Waals surface area contributed by atoms with Gasteiger partial charge in [0.1, 0.15) is 0 Å². The number of carbonyl (C=O) groups is 2. The summed E-state index contributed by atoms with van der Waals surface area (Å²) in [6.45, 7) is 12.5. The first-order valence-corrected chi connectivity index (χ1v) is 11.0. The van der Waals surface area contributed by atoms with Crippen molar-refractivity contribution in [2.45, 2.75) is 47.0 Å². The number of nitrogens with zero attached hydrogens (tertiary/aromatic N) is 1. The second kappa shape index (κ2) is 9.82. The molecule has 5 nitrogen and oxygen atoms in total. The van der Waals surface area contributed by atoms with Gasteiger partial charge in [0, 0.05) is 22.4 Å². The highest BCUT2D eigenvalue weighted by Gasteiger charge is 2.14. The summed E-state index contributed by atoms with van der Waals surface area (Å²) in [5.41, 5.74) is 9.83. The number of hydrogen-bond donors (Lipinski definition) is 2. The molecule has 3 rings (SSSR count). The quantitative estimate of drug-likeness (QED) is 0.381. The molecule has 0 saturated heterocycles. The van der Waals surface area contributed by atoms with Gasteiger partial charge in [-0.2, -0.15) is 5.10 Å². The van der Waals surface area contributed by atoms with Gasteiger partial charge in [0.2, 0.25) is 0 Å². The number of amides is 2. The Morgan fingerprint density at radius 3 is 1.85 bits per heavy atom. The van der Waals surface area contributed by atoms with Crippen molar-refractivity contribution in [1.82, 2.24) is 5.43 Å². The van der Waals surface area contributed by atoms with E-state index in [1.165, 1.54) is 11.1 Å². The first-order valence-electron chi connectivity index (χ1n) is 11.0. The maximum atomic E-state index is 12.5. The third-order valence-corrected chi connectivity index (χ3v) is 5.52. The van der Waals surface area contributed by atoms with Crippen LogP contribution in [0.3, 0.4) is 0 Å². The molecule has 3 aromatic carbocycles. The van der Waals surface area contributed by atoms with Gasteiger partial charge in [-0.05, 0) is 79.3 Å². The zero-order valence-electron chi connectivity index (χ0n) is 20.1. The fourth-order valence-electron chi connectivity index (χ4n) is 3.64. The zero-order valence-corrected chi connectivity index (χ0v) is 20.1. The summed E-state index contributed by atoms with van der Waals surface area (Å²) in [6, 6.07) is 18.5. The summed E-state index contributed by atoms with van der Waals surface area (Å²) in [4.78, 5) is 25.0. The van der Waals surface area contributed by atoms with Crippen LogP contribution >= 0.6 is 0 Å². The molecule has 2 N–H and O–H groups in total. The van der Waals surface area contributed by atoms with Crippen molar-refractivity contribution in [3.05, 3.63) is 99.6 Å². The van der Waals surface area contributed by atoms with E-state index in [-0.39, 0.29) is 17.2 Å². The van der Waals surface area contributed by atoms with Crippen molar-refractivity contribution in [3.8, 4) is 0 Å². The molecule has 0 radical (unpaired) electrons. The molecule has 33 heavy (non-hydrogen) atoms. The van der Waals surface area contributed by atoms with E-state index in [4.69, 9.17) is 0 Å². The van der Waals surface area contributed by atoms with Crippen LogP contribution in [0.15, 0.2) is 65.8 Å². The maximum Gasteiger partial charge on any atom is 0.271 e. The van der Waals surface area contributed by atoms with E-state index < -0.39 is 0 Å². The molecular formula is C28H31N3O2. The van der Waals surface area contributed by atoms with Crippen molar-refractivity contribution in [3.63, 3.8) is 0 Å². The Bertz CT molecular complexity index is 1160. The molecule has 5 heteroatoms. The first-order chi connectivity index (χ1) is 15.5. The Morgan fingerprint density at radius 1 is 0.788 bits per heavy atom. The van der Waals surface area contributed by atoms with Crippen LogP contribution in [0.2, 0.25) is 0 Å². The molecule has 0 aliphatic rings. The smallest absolute Gasteiger partial charge is 0.271 e. The van der Waals surface area contributed by atoms with E-state index in [2.05, 4.69) is 55.7 Å². The molecule has 2 amide bonds. The number of aryl methyl sites for hydroxylation is 3. The summed E-state index contributed by atoms with van der Waals surface area (Å²) < 4.78 is 0. The summed E-state index contributed by atoms with van der Waals surface area (Å²) in [5.74, 6) is -0.509. The zero-order chi connectivity index (χ0) is 24.2. The molecule has 0 saturated carbocycles. The van der Waals surface area contributed by atoms with Gasteiger partial charge in [0.05, 0.1) is 6.21 Å². The third-order valence-electron chi connectivity index (χ3n) is 5.52. The lowest BCUT2D eigenvalue weighted by Crippen LogP contribution is -2.18. The number of anilines is 1. The Morgan fingerprint density at radius 2 is 1.30 bits per heavy atom. The molecule has 0 aliphatic heterocycles. The number of hydrazone groups is 1. The van der Waals surface area contributed by atoms with E-state index in [1.807, 2.05) is 38.1 Å². The molecule has 0 aromatic heterocycles. The van der Waals surface area contributed by atoms with Crippen LogP contribution in [0.4, 0.5) is 5.69 Å². The molecular weight excluding hydrogens is 410 g/mol. The van der Waals surface area contributed by atoms with E-state index in [0.717, 1.165) is 16.7 Å². The lowest BCUT2D eigenvalue weighted by molar-refractivity contribution is 0.0954. The average molecular weight is 442 g/mol. The van der Waals surface area contributed by atoms with Crippen molar-refractivity contribution < 1.29 is 9.59 Å². The van der Waals surface area contributed by atoms with E-state index in [9.17, 15) is 9.59 Å². The van der Waals surface area contributed by atoms with Crippen molar-refractivity contribution >= 4 is 23.7 Å². The van der Waals surface area contributed by atoms with Crippen LogP contribution in [0.25, 0.3) is 0 Å². The van der Waals surface area contributed by atoms with Crippen LogP contribution in [-0.4, -0.2) is 18.0 Å². The largest absolute Gasteiger partial charge is 0.322 e. The lowest BCUT2D eigenvalue weighted by atomic mass is 9.87. The monoisotopic (exact) mass is 441 g/mol. The normalized spacial score (nSPS) is 11.5. The van der Waals surface area contributed by atoms with Crippen LogP contribution in [-0.2, 0) is 5.41 Å². The van der Waals surface area contributed by atoms with E-state index >= 15 is 0 Å². The van der Waals surface area contributed by atoms with Gasteiger partial charge in [-0.25, -0.2) is 5.43 Å². The summed E-state index contributed by atoms with van der Waals surface area (Å²) >= 11 is 0. The highest BCUT2D eigenvalue weighted by atomic mass is 16.2. The molecule has 0 aliphatic carbocycles. The van der Waals surface area contributed by atoms with Crippen molar-refractivity contribution in [2.24, 2.45) is 5.10 Å².